The van der Waals surface area contributed by atoms with Gasteiger partial charge in [-0.2, -0.15) is 5.10 Å². The highest BCUT2D eigenvalue weighted by Crippen LogP contribution is 2.48. The quantitative estimate of drug-likeness (QED) is 0.440. The fourth-order valence-electron chi connectivity index (χ4n) is 4.63. The van der Waals surface area contributed by atoms with Crippen molar-refractivity contribution in [3.05, 3.63) is 95.7 Å². The predicted octanol–water partition coefficient (Wildman–Crippen LogP) is 6.16. The molecule has 0 saturated heterocycles. The summed E-state index contributed by atoms with van der Waals surface area (Å²) in [6.07, 6.45) is 2.18. The summed E-state index contributed by atoms with van der Waals surface area (Å²) in [4.78, 5) is 4.82. The van der Waals surface area contributed by atoms with Crippen molar-refractivity contribution in [1.82, 2.24) is 4.98 Å². The van der Waals surface area contributed by atoms with Crippen molar-refractivity contribution in [1.29, 1.82) is 0 Å². The first-order valence-corrected chi connectivity index (χ1v) is 11.0. The Morgan fingerprint density at radius 1 is 1.00 bits per heavy atom. The normalized spacial score (nSPS) is 20.4. The van der Waals surface area contributed by atoms with Crippen LogP contribution in [0.3, 0.4) is 0 Å². The molecular weight excluding hydrogens is 374 g/mol. The standard InChI is InChI=1S/C25H21N3S/c1-16-11-12-23-19(13-16)24-21(15-29-23)25(28(27-24)17-7-3-2-4-8-17)20-14-26-22-10-6-5-9-18(20)22/h2-14,21,25-26H,15H2,1H3. The molecule has 1 aromatic heterocycles. The van der Waals surface area contributed by atoms with Gasteiger partial charge in [0.05, 0.1) is 17.4 Å². The number of anilines is 1. The van der Waals surface area contributed by atoms with Crippen LogP contribution in [0.5, 0.6) is 0 Å². The number of hydrogen-bond acceptors (Lipinski definition) is 3. The third-order valence-corrected chi connectivity index (χ3v) is 7.19. The van der Waals surface area contributed by atoms with Crippen LogP contribution >= 0.6 is 11.8 Å². The number of hydrogen-bond donors (Lipinski definition) is 1. The zero-order valence-electron chi connectivity index (χ0n) is 16.2. The van der Waals surface area contributed by atoms with Gasteiger partial charge < -0.3 is 4.98 Å². The Hall–Kier alpha value is -2.98. The minimum absolute atomic E-state index is 0.185. The molecule has 0 amide bonds. The number of benzene rings is 3. The number of thioether (sulfide) groups is 1. The second kappa shape index (κ2) is 6.53. The van der Waals surface area contributed by atoms with Gasteiger partial charge in [-0.15, -0.1) is 11.8 Å². The smallest absolute Gasteiger partial charge is 0.0888 e. The molecule has 4 aromatic rings. The Labute approximate surface area is 174 Å². The molecule has 1 N–H and O–H groups in total. The highest BCUT2D eigenvalue weighted by Gasteiger charge is 2.43. The van der Waals surface area contributed by atoms with Gasteiger partial charge in [0.2, 0.25) is 0 Å². The predicted molar refractivity (Wildman–Crippen MR) is 122 cm³/mol. The van der Waals surface area contributed by atoms with E-state index in [9.17, 15) is 0 Å². The molecule has 142 valence electrons. The van der Waals surface area contributed by atoms with E-state index in [1.54, 1.807) is 0 Å². The average Bonchev–Trinajstić information content (AvgIpc) is 3.35. The molecule has 0 bridgehead atoms. The van der Waals surface area contributed by atoms with Gasteiger partial charge in [0.15, 0.2) is 0 Å². The van der Waals surface area contributed by atoms with Crippen LogP contribution in [0.1, 0.15) is 22.7 Å². The molecule has 2 unspecified atom stereocenters. The van der Waals surface area contributed by atoms with Crippen LogP contribution in [0.15, 0.2) is 89.0 Å². The van der Waals surface area contributed by atoms with Gasteiger partial charge in [0.1, 0.15) is 0 Å². The highest BCUT2D eigenvalue weighted by molar-refractivity contribution is 7.99. The van der Waals surface area contributed by atoms with Crippen LogP contribution in [0.4, 0.5) is 5.69 Å². The molecule has 4 heteroatoms. The summed E-state index contributed by atoms with van der Waals surface area (Å²) in [5.74, 6) is 1.40. The molecular formula is C25H21N3S. The summed E-state index contributed by atoms with van der Waals surface area (Å²) in [5.41, 5.74) is 7.46. The summed E-state index contributed by atoms with van der Waals surface area (Å²) >= 11 is 1.96. The van der Waals surface area contributed by atoms with E-state index in [0.29, 0.717) is 5.92 Å². The Morgan fingerprint density at radius 2 is 1.83 bits per heavy atom. The van der Waals surface area contributed by atoms with E-state index in [2.05, 4.69) is 95.9 Å². The number of fused-ring (bicyclic) bond motifs is 4. The number of para-hydroxylation sites is 2. The lowest BCUT2D eigenvalue weighted by Crippen LogP contribution is -2.29. The largest absolute Gasteiger partial charge is 0.361 e. The highest BCUT2D eigenvalue weighted by atomic mass is 32.2. The molecule has 2 atom stereocenters. The van der Waals surface area contributed by atoms with Gasteiger partial charge in [0.25, 0.3) is 0 Å². The SMILES string of the molecule is Cc1ccc2c(c1)C1=NN(c3ccccc3)C(c3c[nH]c4ccccc34)C1CS2. The zero-order valence-corrected chi connectivity index (χ0v) is 17.0. The van der Waals surface area contributed by atoms with Gasteiger partial charge in [0, 0.05) is 44.8 Å². The summed E-state index contributed by atoms with van der Waals surface area (Å²) in [6, 6.07) is 26.1. The van der Waals surface area contributed by atoms with Crippen molar-refractivity contribution in [2.24, 2.45) is 11.0 Å². The number of nitrogens with one attached hydrogen (secondary N) is 1. The van der Waals surface area contributed by atoms with Crippen molar-refractivity contribution in [3.63, 3.8) is 0 Å². The van der Waals surface area contributed by atoms with Gasteiger partial charge in [-0.25, -0.2) is 0 Å². The van der Waals surface area contributed by atoms with Gasteiger partial charge in [-0.3, -0.25) is 5.01 Å². The van der Waals surface area contributed by atoms with Gasteiger partial charge in [-0.05, 0) is 37.3 Å². The maximum absolute atomic E-state index is 5.23. The summed E-state index contributed by atoms with van der Waals surface area (Å²) in [7, 11) is 0. The van der Waals surface area contributed by atoms with E-state index in [-0.39, 0.29) is 6.04 Å². The van der Waals surface area contributed by atoms with E-state index in [1.165, 1.54) is 38.2 Å². The lowest BCUT2D eigenvalue weighted by atomic mass is 9.87. The fraction of sp³-hybridized carbons (Fsp3) is 0.160. The lowest BCUT2D eigenvalue weighted by Gasteiger charge is -2.30. The molecule has 3 heterocycles. The zero-order chi connectivity index (χ0) is 19.4. The summed E-state index contributed by atoms with van der Waals surface area (Å²) < 4.78 is 0. The Balaban J connectivity index is 1.55. The number of aryl methyl sites for hydroxylation is 1. The molecule has 0 aliphatic carbocycles. The van der Waals surface area contributed by atoms with E-state index in [4.69, 9.17) is 5.10 Å². The van der Waals surface area contributed by atoms with E-state index in [0.717, 1.165) is 11.4 Å². The number of aromatic nitrogens is 1. The van der Waals surface area contributed by atoms with Crippen LogP contribution in [0, 0.1) is 12.8 Å². The number of nitrogens with zero attached hydrogens (tertiary/aromatic N) is 2. The van der Waals surface area contributed by atoms with Crippen LogP contribution in [-0.4, -0.2) is 16.4 Å². The molecule has 3 aromatic carbocycles. The minimum atomic E-state index is 0.185. The average molecular weight is 396 g/mol. The van der Waals surface area contributed by atoms with Crippen LogP contribution < -0.4 is 5.01 Å². The Morgan fingerprint density at radius 3 is 2.72 bits per heavy atom. The molecule has 2 aliphatic rings. The number of H-pyrrole nitrogens is 1. The first kappa shape index (κ1) is 16.9. The monoisotopic (exact) mass is 395 g/mol. The lowest BCUT2D eigenvalue weighted by molar-refractivity contribution is 0.597. The van der Waals surface area contributed by atoms with Crippen LogP contribution in [0.2, 0.25) is 0 Å². The third kappa shape index (κ3) is 2.63. The number of aromatic amines is 1. The molecule has 6 rings (SSSR count). The molecule has 2 aliphatic heterocycles. The maximum Gasteiger partial charge on any atom is 0.0888 e. The molecule has 29 heavy (non-hydrogen) atoms. The minimum Gasteiger partial charge on any atom is -0.361 e. The van der Waals surface area contributed by atoms with E-state index >= 15 is 0 Å². The molecule has 0 fully saturated rings. The fourth-order valence-corrected chi connectivity index (χ4v) is 5.81. The van der Waals surface area contributed by atoms with Crippen molar-refractivity contribution in [2.75, 3.05) is 10.8 Å². The Kier molecular flexibility index (Phi) is 3.81. The van der Waals surface area contributed by atoms with Crippen molar-refractivity contribution >= 4 is 34.1 Å². The first-order chi connectivity index (χ1) is 14.3. The number of rotatable bonds is 2. The molecule has 0 spiro atoms. The van der Waals surface area contributed by atoms with E-state index in [1.807, 2.05) is 11.8 Å². The van der Waals surface area contributed by atoms with Crippen molar-refractivity contribution in [3.8, 4) is 0 Å². The third-order valence-electron chi connectivity index (χ3n) is 6.00. The molecule has 0 saturated carbocycles. The van der Waals surface area contributed by atoms with Gasteiger partial charge in [-0.1, -0.05) is 48.0 Å². The number of hydrazone groups is 1. The van der Waals surface area contributed by atoms with Crippen molar-refractivity contribution < 1.29 is 0 Å². The molecule has 3 nitrogen and oxygen atoms in total. The summed E-state index contributed by atoms with van der Waals surface area (Å²) in [5, 5.41) is 8.76. The second-order valence-corrected chi connectivity index (χ2v) is 8.88. The van der Waals surface area contributed by atoms with Crippen molar-refractivity contribution in [2.45, 2.75) is 17.9 Å². The topological polar surface area (TPSA) is 31.4 Å². The summed E-state index contributed by atoms with van der Waals surface area (Å²) in [6.45, 7) is 2.16. The second-order valence-electron chi connectivity index (χ2n) is 7.82. The van der Waals surface area contributed by atoms with Gasteiger partial charge >= 0.3 is 0 Å². The Bertz CT molecular complexity index is 1240. The van der Waals surface area contributed by atoms with Crippen LogP contribution in [-0.2, 0) is 0 Å². The maximum atomic E-state index is 5.23. The van der Waals surface area contributed by atoms with Crippen LogP contribution in [0.25, 0.3) is 10.9 Å². The first-order valence-electron chi connectivity index (χ1n) is 10.0. The van der Waals surface area contributed by atoms with E-state index < -0.39 is 0 Å². The molecule has 0 radical (unpaired) electrons.